The van der Waals surface area contributed by atoms with Gasteiger partial charge in [0.1, 0.15) is 5.01 Å². The van der Waals surface area contributed by atoms with E-state index in [-0.39, 0.29) is 36.1 Å². The highest BCUT2D eigenvalue weighted by atomic mass is 127. The number of rotatable bonds is 8. The van der Waals surface area contributed by atoms with Crippen LogP contribution in [0.4, 0.5) is 4.79 Å². The van der Waals surface area contributed by atoms with E-state index >= 15 is 0 Å². The number of amides is 1. The molecule has 2 rings (SSSR count). The fraction of sp³-hybridized carbons (Fsp3) is 0.688. The molecule has 3 N–H and O–H groups in total. The Morgan fingerprint density at radius 3 is 2.76 bits per heavy atom. The summed E-state index contributed by atoms with van der Waals surface area (Å²) in [4.78, 5) is 21.7. The molecule has 1 aliphatic carbocycles. The van der Waals surface area contributed by atoms with Crippen molar-refractivity contribution in [1.82, 2.24) is 20.9 Å². The summed E-state index contributed by atoms with van der Waals surface area (Å²) in [5.41, 5.74) is 0. The largest absolute Gasteiger partial charge is 0.450 e. The summed E-state index contributed by atoms with van der Waals surface area (Å²) in [7, 11) is 0. The molecule has 0 radical (unpaired) electrons. The van der Waals surface area contributed by atoms with Gasteiger partial charge >= 0.3 is 6.09 Å². The van der Waals surface area contributed by atoms with Gasteiger partial charge in [-0.05, 0) is 39.5 Å². The van der Waals surface area contributed by atoms with Crippen molar-refractivity contribution in [3.63, 3.8) is 0 Å². The van der Waals surface area contributed by atoms with E-state index in [2.05, 4.69) is 25.9 Å². The number of ether oxygens (including phenoxy) is 1. The minimum Gasteiger partial charge on any atom is -0.450 e. The minimum absolute atomic E-state index is 0. The molecular weight excluding hydrogens is 453 g/mol. The first-order valence-corrected chi connectivity index (χ1v) is 9.30. The summed E-state index contributed by atoms with van der Waals surface area (Å²) in [6, 6.07) is 0.0648. The molecule has 0 aliphatic heterocycles. The third kappa shape index (κ3) is 8.21. The number of hydrogen-bond acceptors (Lipinski definition) is 5. The third-order valence-corrected chi connectivity index (χ3v) is 4.54. The normalized spacial score (nSPS) is 15.1. The molecule has 1 atom stereocenters. The Morgan fingerprint density at radius 2 is 2.20 bits per heavy atom. The first-order chi connectivity index (χ1) is 11.6. The second-order valence-electron chi connectivity index (χ2n) is 5.75. The zero-order chi connectivity index (χ0) is 17.4. The van der Waals surface area contributed by atoms with E-state index in [1.54, 1.807) is 18.3 Å². The van der Waals surface area contributed by atoms with Gasteiger partial charge in [-0.2, -0.15) is 0 Å². The number of aromatic nitrogens is 1. The second kappa shape index (κ2) is 11.5. The molecule has 1 fully saturated rings. The van der Waals surface area contributed by atoms with E-state index in [9.17, 15) is 4.79 Å². The second-order valence-corrected chi connectivity index (χ2v) is 7.07. The molecule has 9 heteroatoms. The van der Waals surface area contributed by atoms with E-state index < -0.39 is 0 Å². The quantitative estimate of drug-likeness (QED) is 0.302. The Balaban J connectivity index is 0.00000312. The van der Waals surface area contributed by atoms with Gasteiger partial charge in [0.05, 0.1) is 19.2 Å². The molecule has 1 aromatic heterocycles. The van der Waals surface area contributed by atoms with Crippen molar-refractivity contribution in [3.8, 4) is 0 Å². The molecule has 0 aromatic carbocycles. The average molecular weight is 481 g/mol. The Bertz CT molecular complexity index is 562. The van der Waals surface area contributed by atoms with Crippen molar-refractivity contribution in [2.75, 3.05) is 19.7 Å². The molecule has 7 nitrogen and oxygen atoms in total. The number of hydrogen-bond donors (Lipinski definition) is 3. The molecule has 0 spiro atoms. The van der Waals surface area contributed by atoms with Crippen molar-refractivity contribution in [2.24, 2.45) is 10.9 Å². The van der Waals surface area contributed by atoms with Crippen LogP contribution in [0.2, 0.25) is 0 Å². The zero-order valence-corrected chi connectivity index (χ0v) is 18.1. The fourth-order valence-electron chi connectivity index (χ4n) is 2.33. The number of thiazole rings is 1. The standard InChI is InChI=1S/C16H27N5O2S.HI/c1-4-17-15(20-10-14-18-8-11(3)24-14)19-9-13(12-6-7-12)21-16(22)23-5-2;/h8,12-13H,4-7,9-10H2,1-3H3,(H,21,22)(H2,17,19,20);1H. The van der Waals surface area contributed by atoms with E-state index in [4.69, 9.17) is 4.74 Å². The van der Waals surface area contributed by atoms with Gasteiger partial charge in [0.25, 0.3) is 0 Å². The summed E-state index contributed by atoms with van der Waals surface area (Å²) in [5.74, 6) is 1.26. The number of aliphatic imine (C=N–C) groups is 1. The van der Waals surface area contributed by atoms with Crippen LogP contribution in [0.25, 0.3) is 0 Å². The van der Waals surface area contributed by atoms with Crippen LogP contribution in [0.15, 0.2) is 11.2 Å². The average Bonchev–Trinajstić information content (AvgIpc) is 3.31. The zero-order valence-electron chi connectivity index (χ0n) is 15.0. The van der Waals surface area contributed by atoms with Gasteiger partial charge < -0.3 is 20.7 Å². The lowest BCUT2D eigenvalue weighted by Gasteiger charge is -2.20. The lowest BCUT2D eigenvalue weighted by Crippen LogP contribution is -2.48. The van der Waals surface area contributed by atoms with Crippen LogP contribution in [-0.4, -0.2) is 42.8 Å². The number of aryl methyl sites for hydroxylation is 1. The van der Waals surface area contributed by atoms with Crippen LogP contribution in [0.3, 0.4) is 0 Å². The van der Waals surface area contributed by atoms with Gasteiger partial charge in [0.2, 0.25) is 0 Å². The molecule has 1 saturated carbocycles. The maximum Gasteiger partial charge on any atom is 0.407 e. The van der Waals surface area contributed by atoms with Crippen molar-refractivity contribution < 1.29 is 9.53 Å². The Kier molecular flexibility index (Phi) is 10.1. The molecule has 1 heterocycles. The lowest BCUT2D eigenvalue weighted by molar-refractivity contribution is 0.146. The number of guanidine groups is 1. The summed E-state index contributed by atoms with van der Waals surface area (Å²) >= 11 is 1.65. The fourth-order valence-corrected chi connectivity index (χ4v) is 3.04. The highest BCUT2D eigenvalue weighted by Gasteiger charge is 2.32. The van der Waals surface area contributed by atoms with Gasteiger partial charge in [-0.25, -0.2) is 14.8 Å². The SMILES string of the molecule is CCNC(=NCc1ncc(C)s1)NCC(NC(=O)OCC)C1CC1.I. The van der Waals surface area contributed by atoms with Gasteiger partial charge in [-0.3, -0.25) is 0 Å². The van der Waals surface area contributed by atoms with Crippen molar-refractivity contribution in [2.45, 2.75) is 46.2 Å². The highest BCUT2D eigenvalue weighted by Crippen LogP contribution is 2.32. The molecule has 1 unspecified atom stereocenters. The topological polar surface area (TPSA) is 87.6 Å². The highest BCUT2D eigenvalue weighted by molar-refractivity contribution is 14.0. The molecule has 142 valence electrons. The predicted molar refractivity (Wildman–Crippen MR) is 112 cm³/mol. The van der Waals surface area contributed by atoms with E-state index in [1.807, 2.05) is 20.0 Å². The number of nitrogens with one attached hydrogen (secondary N) is 3. The molecule has 1 amide bonds. The van der Waals surface area contributed by atoms with Crippen molar-refractivity contribution in [1.29, 1.82) is 0 Å². The number of carbonyl (C=O) groups is 1. The molecule has 1 aliphatic rings. The van der Waals surface area contributed by atoms with E-state index in [0.717, 1.165) is 30.4 Å². The Labute approximate surface area is 170 Å². The number of halogens is 1. The van der Waals surface area contributed by atoms with Crippen LogP contribution in [0.1, 0.15) is 36.6 Å². The first kappa shape index (κ1) is 21.9. The Morgan fingerprint density at radius 1 is 1.44 bits per heavy atom. The van der Waals surface area contributed by atoms with Gasteiger partial charge in [-0.1, -0.05) is 0 Å². The van der Waals surface area contributed by atoms with Crippen LogP contribution in [-0.2, 0) is 11.3 Å². The third-order valence-electron chi connectivity index (χ3n) is 3.64. The number of nitrogens with zero attached hydrogens (tertiary/aromatic N) is 2. The smallest absolute Gasteiger partial charge is 0.407 e. The maximum absolute atomic E-state index is 11.7. The summed E-state index contributed by atoms with van der Waals surface area (Å²) < 4.78 is 4.98. The minimum atomic E-state index is -0.351. The van der Waals surface area contributed by atoms with Crippen molar-refractivity contribution >= 4 is 47.4 Å². The van der Waals surface area contributed by atoms with Gasteiger partial charge in [0.15, 0.2) is 5.96 Å². The van der Waals surface area contributed by atoms with Gasteiger partial charge in [-0.15, -0.1) is 35.3 Å². The Hall–Kier alpha value is -1.10. The molecular formula is C16H28IN5O2S. The van der Waals surface area contributed by atoms with Crippen LogP contribution in [0, 0.1) is 12.8 Å². The van der Waals surface area contributed by atoms with E-state index in [0.29, 0.717) is 25.6 Å². The molecule has 0 saturated heterocycles. The first-order valence-electron chi connectivity index (χ1n) is 8.49. The number of alkyl carbamates (subject to hydrolysis) is 1. The number of carbonyl (C=O) groups excluding carboxylic acids is 1. The summed E-state index contributed by atoms with van der Waals surface area (Å²) in [6.07, 6.45) is 3.80. The van der Waals surface area contributed by atoms with Crippen molar-refractivity contribution in [3.05, 3.63) is 16.1 Å². The predicted octanol–water partition coefficient (Wildman–Crippen LogP) is 2.65. The summed E-state index contributed by atoms with van der Waals surface area (Å²) in [5, 5.41) is 10.5. The summed E-state index contributed by atoms with van der Waals surface area (Å²) in [6.45, 7) is 8.21. The molecule has 1 aromatic rings. The van der Waals surface area contributed by atoms with Crippen LogP contribution < -0.4 is 16.0 Å². The van der Waals surface area contributed by atoms with Crippen LogP contribution in [0.5, 0.6) is 0 Å². The van der Waals surface area contributed by atoms with Crippen LogP contribution >= 0.6 is 35.3 Å². The molecule has 25 heavy (non-hydrogen) atoms. The monoisotopic (exact) mass is 481 g/mol. The molecule has 0 bridgehead atoms. The van der Waals surface area contributed by atoms with Gasteiger partial charge in [0, 0.05) is 24.2 Å². The lowest BCUT2D eigenvalue weighted by atomic mass is 10.2. The maximum atomic E-state index is 11.7. The van der Waals surface area contributed by atoms with E-state index in [1.165, 1.54) is 4.88 Å².